The molecule has 42 heavy (non-hydrogen) atoms. The highest BCUT2D eigenvalue weighted by molar-refractivity contribution is 8.00. The van der Waals surface area contributed by atoms with E-state index in [9.17, 15) is 18.8 Å². The minimum atomic E-state index is -0.561. The predicted octanol–water partition coefficient (Wildman–Crippen LogP) is 5.98. The number of nitrogens with one attached hydrogen (secondary N) is 3. The zero-order valence-electron chi connectivity index (χ0n) is 22.8. The first-order valence-corrected chi connectivity index (χ1v) is 13.7. The van der Waals surface area contributed by atoms with Crippen LogP contribution in [0, 0.1) is 5.82 Å². The van der Waals surface area contributed by atoms with Gasteiger partial charge in [0, 0.05) is 21.7 Å². The summed E-state index contributed by atoms with van der Waals surface area (Å²) in [4.78, 5) is 39.3. The first kappa shape index (κ1) is 29.9. The first-order chi connectivity index (χ1) is 20.4. The summed E-state index contributed by atoms with van der Waals surface area (Å²) in [6.45, 7) is 0. The van der Waals surface area contributed by atoms with Crippen LogP contribution in [0.2, 0.25) is 0 Å². The summed E-state index contributed by atoms with van der Waals surface area (Å²) in [6, 6.07) is 26.4. The lowest BCUT2D eigenvalue weighted by Gasteiger charge is -2.13. The lowest BCUT2D eigenvalue weighted by Crippen LogP contribution is -2.30. The second-order valence-corrected chi connectivity index (χ2v) is 9.83. The molecule has 0 unspecified atom stereocenters. The molecule has 214 valence electrons. The highest BCUT2D eigenvalue weighted by Crippen LogP contribution is 2.27. The van der Waals surface area contributed by atoms with Crippen LogP contribution in [0.5, 0.6) is 11.5 Å². The van der Waals surface area contributed by atoms with Gasteiger partial charge in [0.2, 0.25) is 5.91 Å². The zero-order valence-corrected chi connectivity index (χ0v) is 23.7. The standard InChI is InChI=1S/C32H28FN3O5S/c1-40-24-14-17-29(41-2)22(18-24)19-28(36-31(38)21-8-4-3-5-9-21)32(39)34-23-12-15-25(16-13-23)42-20-30(37)35-27-11-7-6-10-26(27)33/h3-19H,20H2,1-2H3,(H,34,39)(H,35,37)(H,36,38)/b28-19-. The molecule has 3 amide bonds. The molecule has 0 aliphatic heterocycles. The molecule has 4 rings (SSSR count). The maximum Gasteiger partial charge on any atom is 0.272 e. The Kier molecular flexibility index (Phi) is 10.3. The SMILES string of the molecule is COc1ccc(OC)c(/C=C(\NC(=O)c2ccccc2)C(=O)Nc2ccc(SCC(=O)Nc3ccccc3F)cc2)c1. The van der Waals surface area contributed by atoms with E-state index in [1.807, 2.05) is 0 Å². The van der Waals surface area contributed by atoms with E-state index in [1.165, 1.54) is 44.2 Å². The highest BCUT2D eigenvalue weighted by Gasteiger charge is 2.17. The van der Waals surface area contributed by atoms with Crippen molar-refractivity contribution in [2.24, 2.45) is 0 Å². The van der Waals surface area contributed by atoms with Crippen LogP contribution in [0.4, 0.5) is 15.8 Å². The van der Waals surface area contributed by atoms with Crippen LogP contribution in [0.1, 0.15) is 15.9 Å². The Labute approximate surface area is 246 Å². The lowest BCUT2D eigenvalue weighted by atomic mass is 10.1. The summed E-state index contributed by atoms with van der Waals surface area (Å²) in [7, 11) is 3.03. The van der Waals surface area contributed by atoms with Crippen LogP contribution < -0.4 is 25.4 Å². The van der Waals surface area contributed by atoms with Crippen molar-refractivity contribution in [2.75, 3.05) is 30.6 Å². The van der Waals surface area contributed by atoms with Crippen LogP contribution in [-0.2, 0) is 9.59 Å². The third-order valence-corrected chi connectivity index (χ3v) is 6.91. The number of benzene rings is 4. The molecule has 0 radical (unpaired) electrons. The fraction of sp³-hybridized carbons (Fsp3) is 0.0938. The third kappa shape index (κ3) is 8.21. The average Bonchev–Trinajstić information content (AvgIpc) is 3.01. The Morgan fingerprint density at radius 2 is 1.55 bits per heavy atom. The maximum absolute atomic E-state index is 13.8. The summed E-state index contributed by atoms with van der Waals surface area (Å²) >= 11 is 1.26. The van der Waals surface area contributed by atoms with Crippen molar-refractivity contribution in [1.82, 2.24) is 5.32 Å². The smallest absolute Gasteiger partial charge is 0.272 e. The molecule has 10 heteroatoms. The van der Waals surface area contributed by atoms with Crippen LogP contribution in [0.25, 0.3) is 6.08 Å². The fourth-order valence-electron chi connectivity index (χ4n) is 3.78. The monoisotopic (exact) mass is 585 g/mol. The largest absolute Gasteiger partial charge is 0.497 e. The molecule has 0 aliphatic carbocycles. The summed E-state index contributed by atoms with van der Waals surface area (Å²) in [5.74, 6) is -0.773. The number of para-hydroxylation sites is 1. The van der Waals surface area contributed by atoms with Gasteiger partial charge < -0.3 is 25.4 Å². The van der Waals surface area contributed by atoms with Gasteiger partial charge in [-0.25, -0.2) is 4.39 Å². The van der Waals surface area contributed by atoms with Crippen molar-refractivity contribution in [3.05, 3.63) is 120 Å². The second-order valence-electron chi connectivity index (χ2n) is 8.78. The predicted molar refractivity (Wildman–Crippen MR) is 162 cm³/mol. The molecular formula is C32H28FN3O5S. The van der Waals surface area contributed by atoms with Gasteiger partial charge in [0.15, 0.2) is 0 Å². The normalized spacial score (nSPS) is 10.9. The molecule has 0 spiro atoms. The zero-order chi connectivity index (χ0) is 29.9. The fourth-order valence-corrected chi connectivity index (χ4v) is 4.48. The number of methoxy groups -OCH3 is 2. The van der Waals surface area contributed by atoms with Crippen molar-refractivity contribution in [2.45, 2.75) is 4.90 Å². The Morgan fingerprint density at radius 3 is 2.24 bits per heavy atom. The minimum Gasteiger partial charge on any atom is -0.497 e. The molecule has 0 heterocycles. The molecule has 0 atom stereocenters. The number of amides is 3. The summed E-state index contributed by atoms with van der Waals surface area (Å²) < 4.78 is 24.5. The lowest BCUT2D eigenvalue weighted by molar-refractivity contribution is -0.114. The summed E-state index contributed by atoms with van der Waals surface area (Å²) in [5, 5.41) is 8.03. The van der Waals surface area contributed by atoms with E-state index < -0.39 is 17.6 Å². The van der Waals surface area contributed by atoms with Gasteiger partial charge in [-0.15, -0.1) is 11.8 Å². The van der Waals surface area contributed by atoms with Gasteiger partial charge in [0.25, 0.3) is 11.8 Å². The van der Waals surface area contributed by atoms with Crippen molar-refractivity contribution in [3.8, 4) is 11.5 Å². The van der Waals surface area contributed by atoms with Gasteiger partial charge in [-0.1, -0.05) is 30.3 Å². The van der Waals surface area contributed by atoms with Crippen molar-refractivity contribution >= 4 is 46.9 Å². The first-order valence-electron chi connectivity index (χ1n) is 12.7. The molecule has 8 nitrogen and oxygen atoms in total. The molecule has 0 saturated carbocycles. The van der Waals surface area contributed by atoms with Crippen molar-refractivity contribution in [3.63, 3.8) is 0 Å². The van der Waals surface area contributed by atoms with E-state index >= 15 is 0 Å². The van der Waals surface area contributed by atoms with Gasteiger partial charge >= 0.3 is 0 Å². The Morgan fingerprint density at radius 1 is 0.833 bits per heavy atom. The quantitative estimate of drug-likeness (QED) is 0.148. The topological polar surface area (TPSA) is 106 Å². The van der Waals surface area contributed by atoms with E-state index in [-0.39, 0.29) is 23.0 Å². The maximum atomic E-state index is 13.8. The van der Waals surface area contributed by atoms with Crippen molar-refractivity contribution in [1.29, 1.82) is 0 Å². The molecular weight excluding hydrogens is 557 g/mol. The van der Waals surface area contributed by atoms with E-state index in [0.29, 0.717) is 28.3 Å². The van der Waals surface area contributed by atoms with E-state index in [4.69, 9.17) is 9.47 Å². The minimum absolute atomic E-state index is 0.0151. The van der Waals surface area contributed by atoms with Gasteiger partial charge in [-0.3, -0.25) is 14.4 Å². The number of carbonyl (C=O) groups is 3. The van der Waals surface area contributed by atoms with Crippen LogP contribution in [0.15, 0.2) is 108 Å². The molecule has 0 bridgehead atoms. The molecule has 0 aliphatic rings. The number of anilines is 2. The van der Waals surface area contributed by atoms with E-state index in [1.54, 1.807) is 84.9 Å². The van der Waals surface area contributed by atoms with Gasteiger partial charge in [-0.05, 0) is 72.8 Å². The van der Waals surface area contributed by atoms with Crippen LogP contribution in [0.3, 0.4) is 0 Å². The molecule has 0 aromatic heterocycles. The number of halogens is 1. The summed E-state index contributed by atoms with van der Waals surface area (Å²) in [5.41, 5.74) is 1.48. The number of carbonyl (C=O) groups excluding carboxylic acids is 3. The Bertz CT molecular complexity index is 1590. The summed E-state index contributed by atoms with van der Waals surface area (Å²) in [6.07, 6.45) is 1.51. The molecule has 0 fully saturated rings. The Balaban J connectivity index is 1.47. The van der Waals surface area contributed by atoms with E-state index in [0.717, 1.165) is 4.90 Å². The number of thioether (sulfide) groups is 1. The molecule has 4 aromatic carbocycles. The van der Waals surface area contributed by atoms with E-state index in [2.05, 4.69) is 16.0 Å². The number of ether oxygens (including phenoxy) is 2. The highest BCUT2D eigenvalue weighted by atomic mass is 32.2. The van der Waals surface area contributed by atoms with Crippen LogP contribution in [-0.4, -0.2) is 37.7 Å². The number of hydrogen-bond acceptors (Lipinski definition) is 6. The molecule has 3 N–H and O–H groups in total. The number of hydrogen-bond donors (Lipinski definition) is 3. The molecule has 0 saturated heterocycles. The van der Waals surface area contributed by atoms with Gasteiger partial charge in [0.1, 0.15) is 23.0 Å². The Hall–Kier alpha value is -5.09. The van der Waals surface area contributed by atoms with Crippen LogP contribution >= 0.6 is 11.8 Å². The average molecular weight is 586 g/mol. The van der Waals surface area contributed by atoms with Gasteiger partial charge in [-0.2, -0.15) is 0 Å². The third-order valence-electron chi connectivity index (χ3n) is 5.90. The van der Waals surface area contributed by atoms with Crippen molar-refractivity contribution < 1.29 is 28.2 Å². The number of rotatable bonds is 11. The second kappa shape index (κ2) is 14.5. The molecule has 4 aromatic rings. The van der Waals surface area contributed by atoms with Gasteiger partial charge in [0.05, 0.1) is 25.7 Å².